The summed E-state index contributed by atoms with van der Waals surface area (Å²) < 4.78 is 9.89. The Labute approximate surface area is 222 Å². The standard InChI is InChI=1S/C25H27N5O9/c1-13-20(24(34)38-3)22(16-7-5-6-8-18(16)30(36)37)21(25(35)39-4)14(2)29(13)19(31)11-27-17(23(32)33)9-15-10-26-12-28-15/h5-8,10,12,17,22,27H,9,11H2,1-4H3,(H,26,28)(H,32,33). The van der Waals surface area contributed by atoms with Crippen molar-refractivity contribution in [2.75, 3.05) is 20.8 Å². The molecule has 0 aliphatic carbocycles. The lowest BCUT2D eigenvalue weighted by atomic mass is 9.79. The summed E-state index contributed by atoms with van der Waals surface area (Å²) in [6.07, 6.45) is 2.86. The van der Waals surface area contributed by atoms with Gasteiger partial charge in [-0.15, -0.1) is 0 Å². The molecule has 0 saturated heterocycles. The van der Waals surface area contributed by atoms with E-state index in [-0.39, 0.29) is 40.2 Å². The summed E-state index contributed by atoms with van der Waals surface area (Å²) in [6.45, 7) is 2.38. The highest BCUT2D eigenvalue weighted by molar-refractivity contribution is 6.02. The molecule has 0 radical (unpaired) electrons. The molecule has 206 valence electrons. The fourth-order valence-corrected chi connectivity index (χ4v) is 4.54. The first-order valence-corrected chi connectivity index (χ1v) is 11.6. The summed E-state index contributed by atoms with van der Waals surface area (Å²) in [5.74, 6) is -5.02. The first-order valence-electron chi connectivity index (χ1n) is 11.6. The van der Waals surface area contributed by atoms with Crippen LogP contribution in [0, 0.1) is 10.1 Å². The van der Waals surface area contributed by atoms with Crippen molar-refractivity contribution >= 4 is 29.5 Å². The van der Waals surface area contributed by atoms with E-state index in [2.05, 4.69) is 15.3 Å². The Balaban J connectivity index is 2.10. The van der Waals surface area contributed by atoms with Crippen molar-refractivity contribution in [3.63, 3.8) is 0 Å². The van der Waals surface area contributed by atoms with Gasteiger partial charge in [-0.2, -0.15) is 0 Å². The summed E-state index contributed by atoms with van der Waals surface area (Å²) >= 11 is 0. The number of esters is 2. The Hall–Kier alpha value is -4.85. The number of nitro benzene ring substituents is 1. The number of carbonyl (C=O) groups is 4. The molecule has 0 bridgehead atoms. The van der Waals surface area contributed by atoms with Crippen molar-refractivity contribution in [2.45, 2.75) is 32.2 Å². The molecule has 3 rings (SSSR count). The number of aromatic nitrogens is 2. The fourth-order valence-electron chi connectivity index (χ4n) is 4.54. The molecule has 1 unspecified atom stereocenters. The zero-order valence-corrected chi connectivity index (χ0v) is 21.6. The normalized spacial score (nSPS) is 14.7. The molecular formula is C25H27N5O9. The Kier molecular flexibility index (Phi) is 8.93. The molecule has 2 heterocycles. The summed E-state index contributed by atoms with van der Waals surface area (Å²) in [7, 11) is 2.20. The van der Waals surface area contributed by atoms with Crippen molar-refractivity contribution in [3.05, 3.63) is 80.7 Å². The highest BCUT2D eigenvalue weighted by Gasteiger charge is 2.44. The minimum atomic E-state index is -1.28. The van der Waals surface area contributed by atoms with Crippen LogP contribution in [0.3, 0.4) is 0 Å². The van der Waals surface area contributed by atoms with Gasteiger partial charge < -0.3 is 19.6 Å². The topological polar surface area (TPSA) is 194 Å². The first-order chi connectivity index (χ1) is 18.5. The van der Waals surface area contributed by atoms with E-state index < -0.39 is 47.2 Å². The molecule has 1 aromatic carbocycles. The van der Waals surface area contributed by atoms with Crippen LogP contribution in [-0.2, 0) is 35.1 Å². The van der Waals surface area contributed by atoms with Gasteiger partial charge in [-0.05, 0) is 13.8 Å². The third kappa shape index (κ3) is 5.85. The molecule has 1 aliphatic heterocycles. The van der Waals surface area contributed by atoms with E-state index in [1.807, 2.05) is 0 Å². The number of para-hydroxylation sites is 1. The van der Waals surface area contributed by atoms with Gasteiger partial charge in [-0.1, -0.05) is 18.2 Å². The van der Waals surface area contributed by atoms with Gasteiger partial charge in [0.2, 0.25) is 5.91 Å². The van der Waals surface area contributed by atoms with Crippen molar-refractivity contribution < 1.29 is 38.7 Å². The number of nitro groups is 1. The molecule has 0 saturated carbocycles. The fraction of sp³-hybridized carbons (Fsp3) is 0.320. The predicted octanol–water partition coefficient (Wildman–Crippen LogP) is 1.42. The van der Waals surface area contributed by atoms with Gasteiger partial charge in [0.15, 0.2) is 0 Å². The first kappa shape index (κ1) is 28.7. The lowest BCUT2D eigenvalue weighted by Crippen LogP contribution is -2.46. The zero-order valence-electron chi connectivity index (χ0n) is 21.6. The van der Waals surface area contributed by atoms with Crippen LogP contribution in [0.1, 0.15) is 31.0 Å². The molecule has 1 amide bonds. The van der Waals surface area contributed by atoms with E-state index in [9.17, 15) is 34.4 Å². The maximum absolute atomic E-state index is 13.4. The van der Waals surface area contributed by atoms with Crippen LogP contribution in [0.15, 0.2) is 59.3 Å². The number of ether oxygens (including phenoxy) is 2. The minimum absolute atomic E-state index is 0.00677. The van der Waals surface area contributed by atoms with Crippen molar-refractivity contribution in [1.82, 2.24) is 20.2 Å². The Morgan fingerprint density at radius 1 is 1.13 bits per heavy atom. The average molecular weight is 542 g/mol. The number of H-pyrrole nitrogens is 1. The number of rotatable bonds is 10. The number of allylic oxidation sites excluding steroid dienone is 2. The van der Waals surface area contributed by atoms with Gasteiger partial charge in [-0.3, -0.25) is 29.9 Å². The number of amides is 1. The van der Waals surface area contributed by atoms with E-state index in [1.165, 1.54) is 50.6 Å². The van der Waals surface area contributed by atoms with Crippen molar-refractivity contribution in [3.8, 4) is 0 Å². The maximum Gasteiger partial charge on any atom is 0.336 e. The maximum atomic E-state index is 13.4. The van der Waals surface area contributed by atoms with Crippen molar-refractivity contribution in [1.29, 1.82) is 0 Å². The second-order valence-electron chi connectivity index (χ2n) is 8.51. The van der Waals surface area contributed by atoms with E-state index in [0.717, 1.165) is 19.1 Å². The van der Waals surface area contributed by atoms with Crippen LogP contribution in [0.4, 0.5) is 5.69 Å². The highest BCUT2D eigenvalue weighted by Crippen LogP contribution is 2.45. The molecule has 1 atom stereocenters. The number of nitrogens with zero attached hydrogens (tertiary/aromatic N) is 3. The molecule has 14 nitrogen and oxygen atoms in total. The number of carboxylic acids is 1. The number of aliphatic carboxylic acids is 1. The third-order valence-electron chi connectivity index (χ3n) is 6.31. The molecule has 39 heavy (non-hydrogen) atoms. The van der Waals surface area contributed by atoms with Crippen LogP contribution in [-0.4, -0.2) is 75.5 Å². The van der Waals surface area contributed by atoms with Crippen molar-refractivity contribution in [2.24, 2.45) is 0 Å². The molecule has 0 fully saturated rings. The average Bonchev–Trinajstić information content (AvgIpc) is 3.43. The highest BCUT2D eigenvalue weighted by atomic mass is 16.6. The number of carbonyl (C=O) groups excluding carboxylic acids is 3. The molecule has 0 spiro atoms. The molecule has 1 aliphatic rings. The second-order valence-corrected chi connectivity index (χ2v) is 8.51. The summed E-state index contributed by atoms with van der Waals surface area (Å²) in [4.78, 5) is 70.2. The summed E-state index contributed by atoms with van der Waals surface area (Å²) in [6, 6.07) is 4.44. The molecule has 14 heteroatoms. The largest absolute Gasteiger partial charge is 0.480 e. The van der Waals surface area contributed by atoms with Crippen LogP contribution in [0.5, 0.6) is 0 Å². The lowest BCUT2D eigenvalue weighted by molar-refractivity contribution is -0.385. The van der Waals surface area contributed by atoms with E-state index in [4.69, 9.17) is 9.47 Å². The van der Waals surface area contributed by atoms with E-state index in [1.54, 1.807) is 0 Å². The smallest absolute Gasteiger partial charge is 0.336 e. The zero-order chi connectivity index (χ0) is 28.9. The monoisotopic (exact) mass is 541 g/mol. The predicted molar refractivity (Wildman–Crippen MR) is 134 cm³/mol. The minimum Gasteiger partial charge on any atom is -0.480 e. The SMILES string of the molecule is COC(=O)C1=C(C)N(C(=O)CNC(Cc2cnc[nH]2)C(=O)O)C(C)=C(C(=O)OC)C1c1ccccc1[N+](=O)[O-]. The number of carboxylic acid groups (broad SMARTS) is 1. The summed E-state index contributed by atoms with van der Waals surface area (Å²) in [5, 5.41) is 24.1. The number of aromatic amines is 1. The summed E-state index contributed by atoms with van der Waals surface area (Å²) in [5.41, 5.74) is -0.0458. The Morgan fingerprint density at radius 3 is 2.21 bits per heavy atom. The molecule has 2 aromatic rings. The van der Waals surface area contributed by atoms with Gasteiger partial charge in [-0.25, -0.2) is 14.6 Å². The molecular weight excluding hydrogens is 514 g/mol. The van der Waals surface area contributed by atoms with E-state index in [0.29, 0.717) is 5.69 Å². The number of hydrogen-bond donors (Lipinski definition) is 3. The second kappa shape index (κ2) is 12.1. The van der Waals surface area contributed by atoms with Gasteiger partial charge >= 0.3 is 17.9 Å². The number of nitrogens with one attached hydrogen (secondary N) is 2. The van der Waals surface area contributed by atoms with Crippen LogP contribution >= 0.6 is 0 Å². The van der Waals surface area contributed by atoms with Crippen LogP contribution in [0.25, 0.3) is 0 Å². The number of benzene rings is 1. The van der Waals surface area contributed by atoms with Crippen LogP contribution in [0.2, 0.25) is 0 Å². The molecule has 3 N–H and O–H groups in total. The quantitative estimate of drug-likeness (QED) is 0.224. The Bertz CT molecular complexity index is 1320. The van der Waals surface area contributed by atoms with E-state index >= 15 is 0 Å². The molecule has 1 aromatic heterocycles. The van der Waals surface area contributed by atoms with Gasteiger partial charge in [0.05, 0.1) is 49.1 Å². The van der Waals surface area contributed by atoms with Gasteiger partial charge in [0, 0.05) is 41.3 Å². The Morgan fingerprint density at radius 2 is 1.72 bits per heavy atom. The number of imidazole rings is 1. The number of hydrogen-bond acceptors (Lipinski definition) is 10. The van der Waals surface area contributed by atoms with Gasteiger partial charge in [0.1, 0.15) is 6.04 Å². The van der Waals surface area contributed by atoms with Gasteiger partial charge in [0.25, 0.3) is 5.69 Å². The third-order valence-corrected chi connectivity index (χ3v) is 6.31. The lowest BCUT2D eigenvalue weighted by Gasteiger charge is -2.36. The van der Waals surface area contributed by atoms with Crippen LogP contribution < -0.4 is 5.32 Å². The number of methoxy groups -OCH3 is 2.